The standard InChI is InChI=1S/C15H17N3O4S/c1-10-8-23(21,22)18(14(10)20)12-6-4-5-11(7-12)13(19)17-15(2,3)9-16/h4-7,10H,8H2,1-3H3,(H,17,19). The van der Waals surface area contributed by atoms with E-state index in [0.717, 1.165) is 4.31 Å². The van der Waals surface area contributed by atoms with Crippen LogP contribution in [0.15, 0.2) is 24.3 Å². The molecule has 0 aromatic heterocycles. The van der Waals surface area contributed by atoms with Crippen LogP contribution in [-0.2, 0) is 14.8 Å². The second-order valence-corrected chi connectivity index (χ2v) is 7.89. The molecule has 23 heavy (non-hydrogen) atoms. The highest BCUT2D eigenvalue weighted by Crippen LogP contribution is 2.28. The number of sulfonamides is 1. The van der Waals surface area contributed by atoms with Crippen molar-refractivity contribution in [3.63, 3.8) is 0 Å². The minimum Gasteiger partial charge on any atom is -0.334 e. The fourth-order valence-corrected chi connectivity index (χ4v) is 4.06. The van der Waals surface area contributed by atoms with E-state index in [0.29, 0.717) is 0 Å². The van der Waals surface area contributed by atoms with Crippen LogP contribution in [0.25, 0.3) is 0 Å². The third kappa shape index (κ3) is 3.35. The molecule has 1 saturated heterocycles. The molecule has 1 aromatic carbocycles. The molecule has 1 aliphatic rings. The maximum atomic E-state index is 12.2. The molecule has 7 nitrogen and oxygen atoms in total. The molecule has 1 N–H and O–H groups in total. The van der Waals surface area contributed by atoms with E-state index in [1.807, 2.05) is 6.07 Å². The van der Waals surface area contributed by atoms with Crippen molar-refractivity contribution in [2.24, 2.45) is 5.92 Å². The van der Waals surface area contributed by atoms with E-state index in [4.69, 9.17) is 5.26 Å². The number of nitrogens with one attached hydrogen (secondary N) is 1. The fourth-order valence-electron chi connectivity index (χ4n) is 2.24. The van der Waals surface area contributed by atoms with Crippen LogP contribution in [-0.4, -0.2) is 31.5 Å². The molecule has 1 unspecified atom stereocenters. The van der Waals surface area contributed by atoms with Gasteiger partial charge in [-0.25, -0.2) is 12.7 Å². The summed E-state index contributed by atoms with van der Waals surface area (Å²) in [4.78, 5) is 24.3. The topological polar surface area (TPSA) is 107 Å². The molecule has 0 radical (unpaired) electrons. The minimum atomic E-state index is -3.72. The highest BCUT2D eigenvalue weighted by atomic mass is 32.2. The van der Waals surface area contributed by atoms with E-state index in [2.05, 4.69) is 5.32 Å². The van der Waals surface area contributed by atoms with Gasteiger partial charge in [0.25, 0.3) is 5.91 Å². The summed E-state index contributed by atoms with van der Waals surface area (Å²) in [5.74, 6) is -1.89. The number of nitriles is 1. The zero-order valence-electron chi connectivity index (χ0n) is 13.0. The molecule has 1 aliphatic heterocycles. The largest absolute Gasteiger partial charge is 0.334 e. The Labute approximate surface area is 134 Å². The van der Waals surface area contributed by atoms with Gasteiger partial charge >= 0.3 is 0 Å². The van der Waals surface area contributed by atoms with Crippen LogP contribution in [0.1, 0.15) is 31.1 Å². The van der Waals surface area contributed by atoms with Crippen molar-refractivity contribution in [1.82, 2.24) is 5.32 Å². The number of hydrogen-bond acceptors (Lipinski definition) is 5. The van der Waals surface area contributed by atoms with Gasteiger partial charge in [0.2, 0.25) is 15.9 Å². The SMILES string of the molecule is CC1CS(=O)(=O)N(c2cccc(C(=O)NC(C)(C)C#N)c2)C1=O. The Hall–Kier alpha value is -2.40. The first-order chi connectivity index (χ1) is 10.6. The molecular weight excluding hydrogens is 318 g/mol. The molecule has 1 fully saturated rings. The first-order valence-corrected chi connectivity index (χ1v) is 8.59. The molecular formula is C15H17N3O4S. The normalized spacial score (nSPS) is 20.2. The zero-order valence-corrected chi connectivity index (χ0v) is 13.8. The molecule has 0 saturated carbocycles. The van der Waals surface area contributed by atoms with Crippen molar-refractivity contribution >= 4 is 27.5 Å². The van der Waals surface area contributed by atoms with E-state index in [9.17, 15) is 18.0 Å². The summed E-state index contributed by atoms with van der Waals surface area (Å²) in [6.07, 6.45) is 0. The molecule has 0 spiro atoms. The van der Waals surface area contributed by atoms with Crippen LogP contribution in [0.3, 0.4) is 0 Å². The molecule has 0 bridgehead atoms. The van der Waals surface area contributed by atoms with Gasteiger partial charge in [0.05, 0.1) is 23.4 Å². The van der Waals surface area contributed by atoms with Crippen molar-refractivity contribution in [2.45, 2.75) is 26.3 Å². The van der Waals surface area contributed by atoms with Crippen LogP contribution >= 0.6 is 0 Å². The molecule has 1 heterocycles. The van der Waals surface area contributed by atoms with Gasteiger partial charge < -0.3 is 5.32 Å². The summed E-state index contributed by atoms with van der Waals surface area (Å²) in [7, 11) is -3.72. The lowest BCUT2D eigenvalue weighted by molar-refractivity contribution is -0.119. The second-order valence-electron chi connectivity index (χ2n) is 6.02. The van der Waals surface area contributed by atoms with Gasteiger partial charge in [0.15, 0.2) is 0 Å². The lowest BCUT2D eigenvalue weighted by atomic mass is 10.1. The Morgan fingerprint density at radius 1 is 1.43 bits per heavy atom. The average molecular weight is 335 g/mol. The van der Waals surface area contributed by atoms with E-state index in [-0.39, 0.29) is 17.0 Å². The maximum absolute atomic E-state index is 12.2. The number of benzene rings is 1. The smallest absolute Gasteiger partial charge is 0.252 e. The van der Waals surface area contributed by atoms with E-state index in [1.54, 1.807) is 20.8 Å². The molecule has 2 amide bonds. The number of carbonyl (C=O) groups is 2. The van der Waals surface area contributed by atoms with E-state index >= 15 is 0 Å². The predicted molar refractivity (Wildman–Crippen MR) is 84.0 cm³/mol. The molecule has 0 aliphatic carbocycles. The van der Waals surface area contributed by atoms with Crippen molar-refractivity contribution in [1.29, 1.82) is 5.26 Å². The van der Waals surface area contributed by atoms with Gasteiger partial charge in [-0.1, -0.05) is 13.0 Å². The molecule has 122 valence electrons. The van der Waals surface area contributed by atoms with Gasteiger partial charge in [-0.05, 0) is 32.0 Å². The Bertz CT molecular complexity index is 808. The van der Waals surface area contributed by atoms with E-state index in [1.165, 1.54) is 24.3 Å². The summed E-state index contributed by atoms with van der Waals surface area (Å²) in [5, 5.41) is 11.5. The quantitative estimate of drug-likeness (QED) is 0.888. The minimum absolute atomic E-state index is 0.127. The Kier molecular flexibility index (Phi) is 4.18. The number of anilines is 1. The number of carbonyl (C=O) groups excluding carboxylic acids is 2. The third-order valence-corrected chi connectivity index (χ3v) is 5.28. The summed E-state index contributed by atoms with van der Waals surface area (Å²) in [6, 6.07) is 7.72. The Morgan fingerprint density at radius 2 is 2.09 bits per heavy atom. The summed E-state index contributed by atoms with van der Waals surface area (Å²) in [6.45, 7) is 4.64. The number of hydrogen-bond donors (Lipinski definition) is 1. The first kappa shape index (κ1) is 17.0. The molecule has 1 atom stereocenters. The van der Waals surface area contributed by atoms with Crippen LogP contribution < -0.4 is 9.62 Å². The lowest BCUT2D eigenvalue weighted by Crippen LogP contribution is -2.42. The van der Waals surface area contributed by atoms with Gasteiger partial charge in [-0.3, -0.25) is 9.59 Å². The summed E-state index contributed by atoms with van der Waals surface area (Å²) in [5.41, 5.74) is -0.757. The highest BCUT2D eigenvalue weighted by Gasteiger charge is 2.42. The third-order valence-electron chi connectivity index (χ3n) is 3.41. The predicted octanol–water partition coefficient (Wildman–Crippen LogP) is 1.03. The monoisotopic (exact) mass is 335 g/mol. The number of rotatable bonds is 3. The van der Waals surface area contributed by atoms with E-state index < -0.39 is 33.3 Å². The van der Waals surface area contributed by atoms with Crippen LogP contribution in [0.4, 0.5) is 5.69 Å². The maximum Gasteiger partial charge on any atom is 0.252 e. The fraction of sp³-hybridized carbons (Fsp3) is 0.400. The zero-order chi connectivity index (χ0) is 17.4. The highest BCUT2D eigenvalue weighted by molar-refractivity contribution is 7.94. The van der Waals surface area contributed by atoms with Gasteiger partial charge in [-0.15, -0.1) is 0 Å². The Morgan fingerprint density at radius 3 is 2.61 bits per heavy atom. The van der Waals surface area contributed by atoms with Crippen molar-refractivity contribution in [3.8, 4) is 6.07 Å². The number of amides is 2. The number of nitrogens with zero attached hydrogens (tertiary/aromatic N) is 2. The molecule has 2 rings (SSSR count). The second kappa shape index (κ2) is 5.66. The van der Waals surface area contributed by atoms with Gasteiger partial charge in [0, 0.05) is 5.56 Å². The van der Waals surface area contributed by atoms with Crippen molar-refractivity contribution < 1.29 is 18.0 Å². The van der Waals surface area contributed by atoms with Crippen LogP contribution in [0.5, 0.6) is 0 Å². The van der Waals surface area contributed by atoms with Crippen LogP contribution in [0.2, 0.25) is 0 Å². The average Bonchev–Trinajstić information content (AvgIpc) is 2.66. The van der Waals surface area contributed by atoms with Crippen LogP contribution in [0, 0.1) is 17.2 Å². The summed E-state index contributed by atoms with van der Waals surface area (Å²) >= 11 is 0. The van der Waals surface area contributed by atoms with Gasteiger partial charge in [-0.2, -0.15) is 5.26 Å². The van der Waals surface area contributed by atoms with Gasteiger partial charge in [0.1, 0.15) is 5.54 Å². The molecule has 1 aromatic rings. The summed E-state index contributed by atoms with van der Waals surface area (Å²) < 4.78 is 24.9. The lowest BCUT2D eigenvalue weighted by Gasteiger charge is -2.19. The first-order valence-electron chi connectivity index (χ1n) is 6.98. The molecule has 8 heteroatoms. The van der Waals surface area contributed by atoms with Crippen molar-refractivity contribution in [3.05, 3.63) is 29.8 Å². The Balaban J connectivity index is 2.36. The van der Waals surface area contributed by atoms with Crippen molar-refractivity contribution in [2.75, 3.05) is 10.1 Å².